The number of hydrogen-bond acceptors (Lipinski definition) is 7. The number of methoxy groups -OCH3 is 2. The van der Waals surface area contributed by atoms with Crippen LogP contribution < -0.4 is 15.0 Å². The molecule has 2 aromatic carbocycles. The summed E-state index contributed by atoms with van der Waals surface area (Å²) in [6.07, 6.45) is 0.445. The van der Waals surface area contributed by atoms with Crippen molar-refractivity contribution in [3.63, 3.8) is 0 Å². The van der Waals surface area contributed by atoms with Gasteiger partial charge in [0.05, 0.1) is 31.0 Å². The molecule has 0 spiro atoms. The Morgan fingerprint density at radius 3 is 2.19 bits per heavy atom. The normalized spacial score (nSPS) is 10.6. The van der Waals surface area contributed by atoms with E-state index in [1.807, 2.05) is 0 Å². The first-order valence-corrected chi connectivity index (χ1v) is 8.98. The minimum atomic E-state index is -2.49. The summed E-state index contributed by atoms with van der Waals surface area (Å²) in [6, 6.07) is 10.1. The molecule has 0 aliphatic rings. The van der Waals surface area contributed by atoms with Crippen LogP contribution in [0.15, 0.2) is 45.6 Å². The van der Waals surface area contributed by atoms with Gasteiger partial charge in [0.25, 0.3) is 5.56 Å². The minimum Gasteiger partial charge on any atom is -0.493 e. The second kappa shape index (κ2) is 7.58. The Kier molecular flexibility index (Phi) is 5.22. The molecule has 0 aliphatic heterocycles. The average molecular weight is 387 g/mol. The standard InChI is InChI=1S/C18H17N3O5S/c1-21-18(22)14-10-17(26-3)16(25-2)9-13(14)15(19-21)8-11-4-6-12(7-5-11)20-27(23)24/h4-7,9-10H,8H2,1-3H3. The summed E-state index contributed by atoms with van der Waals surface area (Å²) < 4.78 is 36.6. The molecule has 0 unspecified atom stereocenters. The van der Waals surface area contributed by atoms with E-state index < -0.39 is 10.5 Å². The van der Waals surface area contributed by atoms with E-state index in [0.29, 0.717) is 40.1 Å². The summed E-state index contributed by atoms with van der Waals surface area (Å²) in [4.78, 5) is 12.5. The molecule has 3 rings (SSSR count). The Labute approximate surface area is 156 Å². The molecule has 0 radical (unpaired) electrons. The number of aryl methyl sites for hydroxylation is 1. The number of aromatic nitrogens is 2. The van der Waals surface area contributed by atoms with Crippen LogP contribution in [0.1, 0.15) is 11.3 Å². The zero-order valence-corrected chi connectivity index (χ0v) is 15.8. The van der Waals surface area contributed by atoms with Crippen molar-refractivity contribution in [1.29, 1.82) is 0 Å². The molecule has 0 bridgehead atoms. The summed E-state index contributed by atoms with van der Waals surface area (Å²) in [5.74, 6) is 0.976. The smallest absolute Gasteiger partial charge is 0.316 e. The molecule has 0 saturated heterocycles. The third-order valence-corrected chi connectivity index (χ3v) is 4.48. The number of hydrogen-bond donors (Lipinski definition) is 0. The Morgan fingerprint density at radius 2 is 1.63 bits per heavy atom. The molecule has 0 atom stereocenters. The van der Waals surface area contributed by atoms with Gasteiger partial charge in [0.15, 0.2) is 11.5 Å². The Hall–Kier alpha value is -3.20. The van der Waals surface area contributed by atoms with Crippen molar-refractivity contribution < 1.29 is 17.9 Å². The first kappa shape index (κ1) is 18.6. The largest absolute Gasteiger partial charge is 0.493 e. The maximum absolute atomic E-state index is 12.5. The van der Waals surface area contributed by atoms with E-state index in [1.165, 1.54) is 18.9 Å². The highest BCUT2D eigenvalue weighted by Crippen LogP contribution is 2.32. The summed E-state index contributed by atoms with van der Waals surface area (Å²) >= 11 is 0. The van der Waals surface area contributed by atoms with Crippen molar-refractivity contribution in [2.75, 3.05) is 14.2 Å². The Morgan fingerprint density at radius 1 is 1.04 bits per heavy atom. The lowest BCUT2D eigenvalue weighted by Crippen LogP contribution is -2.21. The summed E-state index contributed by atoms with van der Waals surface area (Å²) in [7, 11) is 2.14. The summed E-state index contributed by atoms with van der Waals surface area (Å²) in [5, 5.41) is 5.54. The molecule has 27 heavy (non-hydrogen) atoms. The van der Waals surface area contributed by atoms with Gasteiger partial charge in [-0.25, -0.2) is 4.68 Å². The number of fused-ring (bicyclic) bond motifs is 1. The lowest BCUT2D eigenvalue weighted by atomic mass is 10.0. The van der Waals surface area contributed by atoms with E-state index in [1.54, 1.807) is 43.4 Å². The molecule has 0 fully saturated rings. The van der Waals surface area contributed by atoms with Crippen molar-refractivity contribution in [1.82, 2.24) is 9.78 Å². The molecule has 0 aliphatic carbocycles. The third-order valence-electron chi connectivity index (χ3n) is 4.12. The molecule has 0 amide bonds. The van der Waals surface area contributed by atoms with Crippen LogP contribution in [0.3, 0.4) is 0 Å². The summed E-state index contributed by atoms with van der Waals surface area (Å²) in [6.45, 7) is 0. The van der Waals surface area contributed by atoms with Gasteiger partial charge in [0.1, 0.15) is 0 Å². The van der Waals surface area contributed by atoms with Crippen LogP contribution in [-0.4, -0.2) is 32.4 Å². The second-order valence-corrected chi connectivity index (χ2v) is 6.40. The van der Waals surface area contributed by atoms with Gasteiger partial charge in [0, 0.05) is 18.9 Å². The van der Waals surface area contributed by atoms with E-state index in [4.69, 9.17) is 9.47 Å². The molecule has 1 aromatic heterocycles. The van der Waals surface area contributed by atoms with E-state index in [2.05, 4.69) is 9.46 Å². The van der Waals surface area contributed by atoms with Crippen LogP contribution in [0, 0.1) is 0 Å². The second-order valence-electron chi connectivity index (χ2n) is 5.78. The van der Waals surface area contributed by atoms with Crippen molar-refractivity contribution in [2.45, 2.75) is 6.42 Å². The minimum absolute atomic E-state index is 0.234. The monoisotopic (exact) mass is 387 g/mol. The predicted octanol–water partition coefficient (Wildman–Crippen LogP) is 2.24. The van der Waals surface area contributed by atoms with Crippen molar-refractivity contribution >= 4 is 27.0 Å². The molecule has 0 saturated carbocycles. The number of benzene rings is 2. The molecular formula is C18H17N3O5S. The molecule has 9 heteroatoms. The van der Waals surface area contributed by atoms with Crippen LogP contribution >= 0.6 is 0 Å². The number of nitrogens with zero attached hydrogens (tertiary/aromatic N) is 3. The lowest BCUT2D eigenvalue weighted by Gasteiger charge is -2.12. The third kappa shape index (κ3) is 3.82. The maximum atomic E-state index is 12.5. The van der Waals surface area contributed by atoms with Gasteiger partial charge in [-0.2, -0.15) is 13.5 Å². The van der Waals surface area contributed by atoms with E-state index in [-0.39, 0.29) is 5.56 Å². The molecule has 1 heterocycles. The summed E-state index contributed by atoms with van der Waals surface area (Å²) in [5.41, 5.74) is 1.69. The lowest BCUT2D eigenvalue weighted by molar-refractivity contribution is 0.355. The average Bonchev–Trinajstić information content (AvgIpc) is 2.66. The fourth-order valence-corrected chi connectivity index (χ4v) is 3.13. The first-order chi connectivity index (χ1) is 12.9. The van der Waals surface area contributed by atoms with E-state index in [0.717, 1.165) is 5.56 Å². The van der Waals surface area contributed by atoms with Crippen molar-refractivity contribution in [3.05, 3.63) is 58.0 Å². The molecule has 8 nitrogen and oxygen atoms in total. The maximum Gasteiger partial charge on any atom is 0.316 e. The first-order valence-electron chi connectivity index (χ1n) is 7.95. The molecular weight excluding hydrogens is 370 g/mol. The highest BCUT2D eigenvalue weighted by Gasteiger charge is 2.14. The van der Waals surface area contributed by atoms with Gasteiger partial charge in [-0.3, -0.25) is 4.79 Å². The van der Waals surface area contributed by atoms with Gasteiger partial charge < -0.3 is 9.47 Å². The van der Waals surface area contributed by atoms with Crippen LogP contribution in [0.5, 0.6) is 11.5 Å². The van der Waals surface area contributed by atoms with Crippen molar-refractivity contribution in [2.24, 2.45) is 11.4 Å². The predicted molar refractivity (Wildman–Crippen MR) is 100 cm³/mol. The topological polar surface area (TPSA) is 99.9 Å². The van der Waals surface area contributed by atoms with Crippen molar-refractivity contribution in [3.8, 4) is 11.5 Å². The van der Waals surface area contributed by atoms with Crippen LogP contribution in [0.2, 0.25) is 0 Å². The van der Waals surface area contributed by atoms with E-state index in [9.17, 15) is 13.2 Å². The quantitative estimate of drug-likeness (QED) is 0.666. The molecule has 0 N–H and O–H groups in total. The molecule has 140 valence electrons. The highest BCUT2D eigenvalue weighted by atomic mass is 32.2. The fraction of sp³-hybridized carbons (Fsp3) is 0.222. The zero-order chi connectivity index (χ0) is 19.6. The van der Waals surface area contributed by atoms with Gasteiger partial charge in [0.2, 0.25) is 0 Å². The van der Waals surface area contributed by atoms with Gasteiger partial charge in [-0.1, -0.05) is 12.1 Å². The van der Waals surface area contributed by atoms with Gasteiger partial charge in [-0.15, -0.1) is 4.36 Å². The van der Waals surface area contributed by atoms with Crippen LogP contribution in [0.4, 0.5) is 5.69 Å². The number of rotatable bonds is 5. The van der Waals surface area contributed by atoms with E-state index >= 15 is 0 Å². The highest BCUT2D eigenvalue weighted by molar-refractivity contribution is 7.61. The van der Waals surface area contributed by atoms with Crippen LogP contribution in [0.25, 0.3) is 10.8 Å². The van der Waals surface area contributed by atoms with Gasteiger partial charge in [-0.05, 0) is 29.8 Å². The molecule has 3 aromatic rings. The number of ether oxygens (including phenoxy) is 2. The SMILES string of the molecule is COc1cc2c(Cc3ccc(N=S(=O)=O)cc3)nn(C)c(=O)c2cc1OC. The van der Waals surface area contributed by atoms with Crippen LogP contribution in [-0.2, 0) is 24.0 Å². The Balaban J connectivity index is 2.12. The zero-order valence-electron chi connectivity index (χ0n) is 15.0. The Bertz CT molecular complexity index is 1190. The van der Waals surface area contributed by atoms with Gasteiger partial charge >= 0.3 is 10.5 Å². The fourth-order valence-electron chi connectivity index (χ4n) is 2.83.